The van der Waals surface area contributed by atoms with Gasteiger partial charge in [0.1, 0.15) is 12.4 Å². The van der Waals surface area contributed by atoms with Crippen LogP contribution in [0, 0.1) is 0 Å². The molecular weight excluding hydrogens is 370 g/mol. The van der Waals surface area contributed by atoms with Crippen molar-refractivity contribution in [3.63, 3.8) is 0 Å². The number of nitrogens with one attached hydrogen (secondary N) is 1. The molecule has 2 aromatic heterocycles. The van der Waals surface area contributed by atoms with E-state index in [0.29, 0.717) is 22.0 Å². The second kappa shape index (κ2) is 8.45. The van der Waals surface area contributed by atoms with Crippen LogP contribution in [0.5, 0.6) is 5.75 Å². The molecule has 0 atom stereocenters. The zero-order valence-corrected chi connectivity index (χ0v) is 15.3. The van der Waals surface area contributed by atoms with Crippen molar-refractivity contribution in [3.05, 3.63) is 63.5 Å². The number of rotatable bonds is 7. The number of benzene rings is 1. The van der Waals surface area contributed by atoms with Gasteiger partial charge in [-0.25, -0.2) is 4.98 Å². The van der Waals surface area contributed by atoms with E-state index in [1.54, 1.807) is 35.8 Å². The van der Waals surface area contributed by atoms with E-state index in [4.69, 9.17) is 9.47 Å². The Balaban J connectivity index is 1.48. The number of carbonyl (C=O) groups excluding carboxylic acids is 2. The van der Waals surface area contributed by atoms with E-state index in [-0.39, 0.29) is 31.0 Å². The molecule has 0 aliphatic rings. The lowest BCUT2D eigenvalue weighted by Gasteiger charge is -2.09. The molecule has 9 heteroatoms. The molecule has 0 saturated carbocycles. The van der Waals surface area contributed by atoms with E-state index in [1.807, 2.05) is 0 Å². The highest BCUT2D eigenvalue weighted by atomic mass is 32.1. The van der Waals surface area contributed by atoms with E-state index < -0.39 is 5.97 Å². The van der Waals surface area contributed by atoms with Crippen molar-refractivity contribution in [2.24, 2.45) is 0 Å². The molecule has 0 saturated heterocycles. The van der Waals surface area contributed by atoms with Crippen LogP contribution in [0.2, 0.25) is 0 Å². The smallest absolute Gasteiger partial charge is 0.307 e. The Hall–Kier alpha value is -3.20. The molecule has 0 aliphatic carbocycles. The summed E-state index contributed by atoms with van der Waals surface area (Å²) in [6.07, 6.45) is 1.64. The molecule has 1 N–H and O–H groups in total. The summed E-state index contributed by atoms with van der Waals surface area (Å²) in [7, 11) is 1.48. The van der Waals surface area contributed by atoms with Gasteiger partial charge in [-0.2, -0.15) is 0 Å². The van der Waals surface area contributed by atoms with Gasteiger partial charge in [0.2, 0.25) is 0 Å². The number of ether oxygens (including phenoxy) is 2. The number of para-hydroxylation sites is 1. The predicted octanol–water partition coefficient (Wildman–Crippen LogP) is 1.63. The largest absolute Gasteiger partial charge is 0.496 e. The summed E-state index contributed by atoms with van der Waals surface area (Å²) in [6.45, 7) is 0.0265. The molecule has 27 heavy (non-hydrogen) atoms. The number of esters is 1. The monoisotopic (exact) mass is 387 g/mol. The second-order valence-electron chi connectivity index (χ2n) is 5.51. The average molecular weight is 387 g/mol. The summed E-state index contributed by atoms with van der Waals surface area (Å²) in [5.41, 5.74) is 0.549. The standard InChI is InChI=1S/C18H17N3O5S/c1-25-14-5-3-2-4-13(14)17(24)19-7-6-16(23)26-11-12-10-15(22)21-8-9-27-18(21)20-12/h2-5,8-10H,6-7,11H2,1H3,(H,19,24). The number of aromatic nitrogens is 2. The molecule has 0 bridgehead atoms. The topological polar surface area (TPSA) is 99.0 Å². The van der Waals surface area contributed by atoms with E-state index in [1.165, 1.54) is 28.9 Å². The lowest BCUT2D eigenvalue weighted by Crippen LogP contribution is -2.27. The van der Waals surface area contributed by atoms with Crippen molar-refractivity contribution < 1.29 is 19.1 Å². The van der Waals surface area contributed by atoms with E-state index >= 15 is 0 Å². The molecule has 140 valence electrons. The van der Waals surface area contributed by atoms with Crippen LogP contribution in [0.1, 0.15) is 22.5 Å². The molecule has 3 rings (SSSR count). The minimum absolute atomic E-state index is 0.00111. The van der Waals surface area contributed by atoms with Gasteiger partial charge in [0, 0.05) is 24.2 Å². The van der Waals surface area contributed by atoms with Crippen LogP contribution in [0.3, 0.4) is 0 Å². The Morgan fingerprint density at radius 2 is 2.11 bits per heavy atom. The van der Waals surface area contributed by atoms with E-state index in [2.05, 4.69) is 10.3 Å². The first-order chi connectivity index (χ1) is 13.1. The van der Waals surface area contributed by atoms with Gasteiger partial charge < -0.3 is 14.8 Å². The summed E-state index contributed by atoms with van der Waals surface area (Å²) in [6, 6.07) is 8.14. The Kier molecular flexibility index (Phi) is 5.82. The number of hydrogen-bond donors (Lipinski definition) is 1. The van der Waals surface area contributed by atoms with Crippen LogP contribution < -0.4 is 15.6 Å². The van der Waals surface area contributed by atoms with Crippen molar-refractivity contribution in [1.82, 2.24) is 14.7 Å². The Morgan fingerprint density at radius 3 is 2.93 bits per heavy atom. The van der Waals surface area contributed by atoms with Gasteiger partial charge >= 0.3 is 5.97 Å². The van der Waals surface area contributed by atoms with Crippen LogP contribution in [-0.2, 0) is 16.1 Å². The van der Waals surface area contributed by atoms with Gasteiger partial charge in [-0.1, -0.05) is 12.1 Å². The van der Waals surface area contributed by atoms with Gasteiger partial charge in [0.15, 0.2) is 4.96 Å². The molecule has 0 spiro atoms. The van der Waals surface area contributed by atoms with Crippen LogP contribution in [0.15, 0.2) is 46.7 Å². The van der Waals surface area contributed by atoms with Crippen molar-refractivity contribution >= 4 is 28.2 Å². The third-order valence-electron chi connectivity index (χ3n) is 3.70. The number of nitrogens with zero attached hydrogens (tertiary/aromatic N) is 2. The number of amides is 1. The zero-order chi connectivity index (χ0) is 19.2. The lowest BCUT2D eigenvalue weighted by molar-refractivity contribution is -0.144. The Morgan fingerprint density at radius 1 is 1.30 bits per heavy atom. The molecule has 1 amide bonds. The minimum Gasteiger partial charge on any atom is -0.496 e. The fraction of sp³-hybridized carbons (Fsp3) is 0.222. The molecule has 2 heterocycles. The van der Waals surface area contributed by atoms with Crippen LogP contribution in [0.25, 0.3) is 4.96 Å². The highest BCUT2D eigenvalue weighted by molar-refractivity contribution is 7.15. The van der Waals surface area contributed by atoms with Crippen molar-refractivity contribution in [2.45, 2.75) is 13.0 Å². The first-order valence-electron chi connectivity index (χ1n) is 8.11. The molecule has 1 aromatic carbocycles. The molecule has 0 unspecified atom stereocenters. The van der Waals surface area contributed by atoms with Gasteiger partial charge in [-0.15, -0.1) is 11.3 Å². The van der Waals surface area contributed by atoms with Crippen molar-refractivity contribution in [2.75, 3.05) is 13.7 Å². The predicted molar refractivity (Wildman–Crippen MR) is 99.1 cm³/mol. The number of thiazole rings is 1. The van der Waals surface area contributed by atoms with Crippen molar-refractivity contribution in [3.8, 4) is 5.75 Å². The fourth-order valence-electron chi connectivity index (χ4n) is 2.39. The maximum atomic E-state index is 12.1. The fourth-order valence-corrected chi connectivity index (χ4v) is 3.13. The number of methoxy groups -OCH3 is 1. The third kappa shape index (κ3) is 4.50. The van der Waals surface area contributed by atoms with Crippen LogP contribution in [-0.4, -0.2) is 34.9 Å². The minimum atomic E-state index is -0.497. The highest BCUT2D eigenvalue weighted by Crippen LogP contribution is 2.16. The van der Waals surface area contributed by atoms with Crippen LogP contribution in [0.4, 0.5) is 0 Å². The maximum Gasteiger partial charge on any atom is 0.307 e. The molecule has 8 nitrogen and oxygen atoms in total. The molecule has 0 fully saturated rings. The summed E-state index contributed by atoms with van der Waals surface area (Å²) in [5, 5.41) is 4.40. The van der Waals surface area contributed by atoms with Gasteiger partial charge in [0.05, 0.1) is 24.8 Å². The SMILES string of the molecule is COc1ccccc1C(=O)NCCC(=O)OCc1cc(=O)n2ccsc2n1. The Labute approximate surface area is 158 Å². The van der Waals surface area contributed by atoms with Gasteiger partial charge in [0.25, 0.3) is 11.5 Å². The zero-order valence-electron chi connectivity index (χ0n) is 14.5. The molecule has 0 aliphatic heterocycles. The van der Waals surface area contributed by atoms with E-state index in [0.717, 1.165) is 0 Å². The first-order valence-corrected chi connectivity index (χ1v) is 8.99. The van der Waals surface area contributed by atoms with Gasteiger partial charge in [-0.05, 0) is 12.1 Å². The number of carbonyl (C=O) groups is 2. The summed E-state index contributed by atoms with van der Waals surface area (Å²) in [5.74, 6) is -0.375. The number of hydrogen-bond acceptors (Lipinski definition) is 7. The lowest BCUT2D eigenvalue weighted by atomic mass is 10.2. The second-order valence-corrected chi connectivity index (χ2v) is 6.38. The average Bonchev–Trinajstić information content (AvgIpc) is 3.15. The summed E-state index contributed by atoms with van der Waals surface area (Å²) < 4.78 is 11.7. The highest BCUT2D eigenvalue weighted by Gasteiger charge is 2.12. The van der Waals surface area contributed by atoms with Crippen LogP contribution >= 0.6 is 11.3 Å². The first kappa shape index (κ1) is 18.6. The summed E-state index contributed by atoms with van der Waals surface area (Å²) in [4.78, 5) is 40.6. The van der Waals surface area contributed by atoms with Crippen molar-refractivity contribution in [1.29, 1.82) is 0 Å². The number of fused-ring (bicyclic) bond motifs is 1. The normalized spacial score (nSPS) is 10.6. The molecular formula is C18H17N3O5S. The Bertz CT molecular complexity index is 1030. The molecule has 3 aromatic rings. The molecule has 0 radical (unpaired) electrons. The quantitative estimate of drug-likeness (QED) is 0.619. The van der Waals surface area contributed by atoms with Gasteiger partial charge in [-0.3, -0.25) is 18.8 Å². The van der Waals surface area contributed by atoms with E-state index in [9.17, 15) is 14.4 Å². The third-order valence-corrected chi connectivity index (χ3v) is 4.46. The maximum absolute atomic E-state index is 12.1. The summed E-state index contributed by atoms with van der Waals surface area (Å²) >= 11 is 1.32.